The molecule has 0 aromatic heterocycles. The predicted molar refractivity (Wildman–Crippen MR) is 139 cm³/mol. The van der Waals surface area contributed by atoms with E-state index in [9.17, 15) is 18.9 Å². The number of nitrogens with two attached hydrogens (primary N) is 1. The first-order valence-electron chi connectivity index (χ1n) is 11.9. The summed E-state index contributed by atoms with van der Waals surface area (Å²) in [7, 11) is -3.40. The molecule has 12 heteroatoms. The molecule has 0 aliphatic rings. The van der Waals surface area contributed by atoms with Crippen LogP contribution in [0.3, 0.4) is 0 Å². The van der Waals surface area contributed by atoms with Crippen molar-refractivity contribution >= 4 is 31.2 Å². The lowest BCUT2D eigenvalue weighted by atomic mass is 10.1. The zero-order valence-corrected chi connectivity index (χ0v) is 22.9. The molecule has 0 radical (unpaired) electrons. The topological polar surface area (TPSA) is 170 Å². The highest BCUT2D eigenvalue weighted by Gasteiger charge is 2.28. The number of benzene rings is 1. The summed E-state index contributed by atoms with van der Waals surface area (Å²) < 4.78 is 28.9. The van der Waals surface area contributed by atoms with Crippen molar-refractivity contribution in [3.63, 3.8) is 0 Å². The Balaban J connectivity index is 2.71. The Hall–Kier alpha value is -3.19. The molecule has 204 valence electrons. The number of anilines is 1. The van der Waals surface area contributed by atoms with Crippen molar-refractivity contribution in [1.82, 2.24) is 5.32 Å². The lowest BCUT2D eigenvalue weighted by molar-refractivity contribution is -0.134. The second-order valence-electron chi connectivity index (χ2n) is 8.94. The summed E-state index contributed by atoms with van der Waals surface area (Å²) >= 11 is 0. The average molecular weight is 537 g/mol. The maximum atomic E-state index is 13.1. The summed E-state index contributed by atoms with van der Waals surface area (Å²) in [6, 6.07) is 7.72. The first-order chi connectivity index (χ1) is 17.4. The van der Waals surface area contributed by atoms with E-state index in [2.05, 4.69) is 10.6 Å². The molecule has 1 aromatic rings. The highest BCUT2D eigenvalue weighted by atomic mass is 31.2. The minimum Gasteiger partial charge on any atom is -0.436 e. The second kappa shape index (κ2) is 15.8. The molecule has 3 atom stereocenters. The van der Waals surface area contributed by atoms with Gasteiger partial charge >= 0.3 is 13.7 Å². The van der Waals surface area contributed by atoms with Crippen molar-refractivity contribution in [3.8, 4) is 6.07 Å². The molecular formula is C25H37N4O7P. The first kappa shape index (κ1) is 31.8. The Morgan fingerprint density at radius 3 is 2.30 bits per heavy atom. The molecule has 3 unspecified atom stereocenters. The summed E-state index contributed by atoms with van der Waals surface area (Å²) in [6.07, 6.45) is 0.585. The second-order valence-corrected chi connectivity index (χ2v) is 11.1. The maximum Gasteiger partial charge on any atom is 0.405 e. The molecule has 0 saturated heterocycles. The number of nitrogens with one attached hydrogen (secondary N) is 2. The van der Waals surface area contributed by atoms with Crippen molar-refractivity contribution in [2.45, 2.75) is 66.2 Å². The van der Waals surface area contributed by atoms with E-state index in [0.29, 0.717) is 17.7 Å². The van der Waals surface area contributed by atoms with E-state index < -0.39 is 37.6 Å². The number of rotatable bonds is 15. The number of hydrogen-bond acceptors (Lipinski definition) is 8. The number of ether oxygens (including phenoxy) is 1. The van der Waals surface area contributed by atoms with Crippen LogP contribution in [0.2, 0.25) is 0 Å². The number of carbonyl (C=O) groups excluding carboxylic acids is 3. The van der Waals surface area contributed by atoms with Gasteiger partial charge in [-0.1, -0.05) is 37.6 Å². The monoisotopic (exact) mass is 536 g/mol. The van der Waals surface area contributed by atoms with Crippen molar-refractivity contribution < 1.29 is 32.7 Å². The van der Waals surface area contributed by atoms with E-state index >= 15 is 0 Å². The molecule has 1 aromatic carbocycles. The van der Waals surface area contributed by atoms with Crippen LogP contribution in [-0.4, -0.2) is 42.8 Å². The molecule has 0 aliphatic heterocycles. The van der Waals surface area contributed by atoms with Gasteiger partial charge in [0.05, 0.1) is 31.9 Å². The number of allylic oxidation sites excluding steroid dienone is 2. The predicted octanol–water partition coefficient (Wildman–Crippen LogP) is 4.25. The van der Waals surface area contributed by atoms with Gasteiger partial charge < -0.3 is 30.2 Å². The molecule has 0 fully saturated rings. The van der Waals surface area contributed by atoms with Crippen LogP contribution < -0.4 is 16.4 Å². The largest absolute Gasteiger partial charge is 0.436 e. The highest BCUT2D eigenvalue weighted by Crippen LogP contribution is 2.49. The van der Waals surface area contributed by atoms with E-state index in [1.807, 2.05) is 26.0 Å². The van der Waals surface area contributed by atoms with Gasteiger partial charge in [0.25, 0.3) is 5.91 Å². The van der Waals surface area contributed by atoms with Crippen LogP contribution >= 0.6 is 7.60 Å². The Morgan fingerprint density at radius 2 is 1.76 bits per heavy atom. The molecule has 11 nitrogen and oxygen atoms in total. The van der Waals surface area contributed by atoms with E-state index in [1.54, 1.807) is 38.1 Å². The number of nitriles is 1. The SMILES string of the molecule is CC(C)=CCCP(=O)(OCCC#N)OCc1ccc(NC(=O)C(C)NC(=O)C(OC(N)=O)C(C)C)cc1. The van der Waals surface area contributed by atoms with E-state index in [4.69, 9.17) is 24.8 Å². The summed E-state index contributed by atoms with van der Waals surface area (Å²) in [5, 5.41) is 13.9. The molecule has 1 rings (SSSR count). The number of hydrogen-bond donors (Lipinski definition) is 3. The van der Waals surface area contributed by atoms with Gasteiger partial charge in [0, 0.05) is 5.69 Å². The third-order valence-corrected chi connectivity index (χ3v) is 6.87. The van der Waals surface area contributed by atoms with Gasteiger partial charge in [-0.25, -0.2) is 4.79 Å². The smallest absolute Gasteiger partial charge is 0.405 e. The van der Waals surface area contributed by atoms with Crippen molar-refractivity contribution in [2.24, 2.45) is 11.7 Å². The highest BCUT2D eigenvalue weighted by molar-refractivity contribution is 7.53. The quantitative estimate of drug-likeness (QED) is 0.170. The average Bonchev–Trinajstić information content (AvgIpc) is 2.81. The van der Waals surface area contributed by atoms with Gasteiger partial charge in [-0.2, -0.15) is 5.26 Å². The van der Waals surface area contributed by atoms with Crippen LogP contribution in [0.1, 0.15) is 53.0 Å². The molecule has 4 N–H and O–H groups in total. The summed E-state index contributed by atoms with van der Waals surface area (Å²) in [4.78, 5) is 35.9. The molecule has 3 amide bonds. The maximum absolute atomic E-state index is 13.1. The lowest BCUT2D eigenvalue weighted by Crippen LogP contribution is -2.49. The fourth-order valence-corrected chi connectivity index (χ4v) is 4.49. The minimum absolute atomic E-state index is 0.0227. The van der Waals surface area contributed by atoms with Crippen LogP contribution in [0.5, 0.6) is 0 Å². The van der Waals surface area contributed by atoms with Crippen LogP contribution in [0.25, 0.3) is 0 Å². The third kappa shape index (κ3) is 12.6. The number of nitrogens with zero attached hydrogens (tertiary/aromatic N) is 1. The normalized spacial score (nSPS) is 14.0. The van der Waals surface area contributed by atoms with Gasteiger partial charge in [-0.05, 0) is 50.8 Å². The van der Waals surface area contributed by atoms with Gasteiger partial charge in [0.2, 0.25) is 5.91 Å². The Morgan fingerprint density at radius 1 is 1.11 bits per heavy atom. The number of primary amides is 1. The van der Waals surface area contributed by atoms with Gasteiger partial charge in [0.15, 0.2) is 6.10 Å². The number of amides is 3. The molecule has 0 bridgehead atoms. The van der Waals surface area contributed by atoms with E-state index in [-0.39, 0.29) is 31.7 Å². The van der Waals surface area contributed by atoms with Crippen LogP contribution in [-0.2, 0) is 34.5 Å². The minimum atomic E-state index is -3.40. The van der Waals surface area contributed by atoms with Gasteiger partial charge in [-0.15, -0.1) is 0 Å². The standard InChI is InChI=1S/C25H37N4O7P/c1-17(2)8-6-15-37(33,34-14-7-13-26)35-16-20-9-11-21(12-10-20)29-23(30)19(5)28-24(31)22(18(3)4)36-25(27)32/h8-12,18-19,22H,6-7,14-16H2,1-5H3,(H2,27,32)(H,28,31)(H,29,30). The van der Waals surface area contributed by atoms with Gasteiger partial charge in [-0.3, -0.25) is 14.2 Å². The summed E-state index contributed by atoms with van der Waals surface area (Å²) in [5.41, 5.74) is 7.28. The fraction of sp³-hybridized carbons (Fsp3) is 0.520. The molecule has 0 aliphatic carbocycles. The van der Waals surface area contributed by atoms with Crippen molar-refractivity contribution in [2.75, 3.05) is 18.1 Å². The first-order valence-corrected chi connectivity index (χ1v) is 13.6. The Kier molecular flexibility index (Phi) is 13.6. The fourth-order valence-electron chi connectivity index (χ4n) is 2.99. The Labute approximate surface area is 218 Å². The van der Waals surface area contributed by atoms with Crippen LogP contribution in [0, 0.1) is 17.2 Å². The zero-order chi connectivity index (χ0) is 28.0. The van der Waals surface area contributed by atoms with Gasteiger partial charge in [0.1, 0.15) is 6.04 Å². The lowest BCUT2D eigenvalue weighted by Gasteiger charge is -2.22. The summed E-state index contributed by atoms with van der Waals surface area (Å²) in [6.45, 7) is 8.80. The third-order valence-electron chi connectivity index (χ3n) is 4.97. The zero-order valence-electron chi connectivity index (χ0n) is 22.0. The van der Waals surface area contributed by atoms with Crippen molar-refractivity contribution in [3.05, 3.63) is 41.5 Å². The van der Waals surface area contributed by atoms with Crippen molar-refractivity contribution in [1.29, 1.82) is 5.26 Å². The molecular weight excluding hydrogens is 499 g/mol. The number of carbonyl (C=O) groups is 3. The molecule has 37 heavy (non-hydrogen) atoms. The van der Waals surface area contributed by atoms with E-state index in [0.717, 1.165) is 5.57 Å². The van der Waals surface area contributed by atoms with Crippen LogP contribution in [0.4, 0.5) is 10.5 Å². The molecule has 0 spiro atoms. The van der Waals surface area contributed by atoms with E-state index in [1.165, 1.54) is 6.92 Å². The molecule has 0 heterocycles. The van der Waals surface area contributed by atoms with Crippen LogP contribution in [0.15, 0.2) is 35.9 Å². The summed E-state index contributed by atoms with van der Waals surface area (Å²) in [5.74, 6) is -1.44. The Bertz CT molecular complexity index is 1030. The molecule has 0 saturated carbocycles.